The zero-order valence-corrected chi connectivity index (χ0v) is 8.23. The number of aryl methyl sites for hydroxylation is 1. The molecule has 12 heavy (non-hydrogen) atoms. The number of rotatable bonds is 4. The quantitative estimate of drug-likeness (QED) is 0.706. The summed E-state index contributed by atoms with van der Waals surface area (Å²) in [6.45, 7) is 2.10. The molecule has 1 aromatic rings. The summed E-state index contributed by atoms with van der Waals surface area (Å²) in [6, 6.07) is 0. The molecule has 0 fully saturated rings. The molecule has 66 valence electrons. The Morgan fingerprint density at radius 1 is 1.67 bits per heavy atom. The second-order valence-corrected chi connectivity index (χ2v) is 3.81. The van der Waals surface area contributed by atoms with Crippen molar-refractivity contribution in [2.75, 3.05) is 6.61 Å². The molecule has 0 saturated heterocycles. The summed E-state index contributed by atoms with van der Waals surface area (Å²) in [5.41, 5.74) is 2.69. The van der Waals surface area contributed by atoms with Crippen LogP contribution in [0.25, 0.3) is 0 Å². The van der Waals surface area contributed by atoms with E-state index in [-0.39, 0.29) is 6.61 Å². The van der Waals surface area contributed by atoms with Crippen LogP contribution in [0.5, 0.6) is 0 Å². The topological polar surface area (TPSA) is 56.3 Å². The van der Waals surface area contributed by atoms with Gasteiger partial charge in [-0.15, -0.1) is 11.3 Å². The fraction of sp³-hybridized carbons (Fsp3) is 0.500. The minimum atomic E-state index is -2.71. The third kappa shape index (κ3) is 2.85. The van der Waals surface area contributed by atoms with Gasteiger partial charge in [-0.3, -0.25) is 4.52 Å². The van der Waals surface area contributed by atoms with E-state index in [0.29, 0.717) is 6.42 Å². The average Bonchev–Trinajstić information content (AvgIpc) is 2.36. The Morgan fingerprint density at radius 2 is 2.42 bits per heavy atom. The summed E-state index contributed by atoms with van der Waals surface area (Å²) >= 11 is 1.51. The summed E-state index contributed by atoms with van der Waals surface area (Å²) in [5, 5.41) is 0. The SMILES string of the molecule is Cc1ncsc1CCOP(=O)=O. The number of thiazole rings is 1. The number of hydrogen-bond acceptors (Lipinski definition) is 5. The monoisotopic (exact) mass is 205 g/mol. The number of aromatic nitrogens is 1. The van der Waals surface area contributed by atoms with Crippen molar-refractivity contribution in [3.63, 3.8) is 0 Å². The van der Waals surface area contributed by atoms with Gasteiger partial charge in [0.05, 0.1) is 17.8 Å². The molecular weight excluding hydrogens is 197 g/mol. The summed E-state index contributed by atoms with van der Waals surface area (Å²) in [6.07, 6.45) is 0.611. The van der Waals surface area contributed by atoms with Crippen LogP contribution in [0.1, 0.15) is 10.6 Å². The highest BCUT2D eigenvalue weighted by molar-refractivity contribution is 7.24. The zero-order valence-electron chi connectivity index (χ0n) is 6.52. The summed E-state index contributed by atoms with van der Waals surface area (Å²) in [7, 11) is -2.71. The van der Waals surface area contributed by atoms with Crippen molar-refractivity contribution in [1.29, 1.82) is 0 Å². The van der Waals surface area contributed by atoms with Gasteiger partial charge in [0, 0.05) is 11.3 Å². The van der Waals surface area contributed by atoms with Crippen LogP contribution in [-0.4, -0.2) is 11.6 Å². The highest BCUT2D eigenvalue weighted by Gasteiger charge is 2.01. The fourth-order valence-corrected chi connectivity index (χ4v) is 1.78. The third-order valence-electron chi connectivity index (χ3n) is 1.37. The molecule has 1 heterocycles. The van der Waals surface area contributed by atoms with Gasteiger partial charge in [0.2, 0.25) is 0 Å². The molecule has 0 spiro atoms. The van der Waals surface area contributed by atoms with Crippen molar-refractivity contribution in [3.8, 4) is 0 Å². The molecule has 0 amide bonds. The van der Waals surface area contributed by atoms with Gasteiger partial charge in [0.15, 0.2) is 0 Å². The molecule has 0 bridgehead atoms. The molecule has 1 rings (SSSR count). The van der Waals surface area contributed by atoms with Gasteiger partial charge >= 0.3 is 7.91 Å². The van der Waals surface area contributed by atoms with Crippen LogP contribution in [0, 0.1) is 6.92 Å². The van der Waals surface area contributed by atoms with E-state index in [1.807, 2.05) is 6.92 Å². The molecule has 6 heteroatoms. The highest BCUT2D eigenvalue weighted by Crippen LogP contribution is 2.14. The van der Waals surface area contributed by atoms with Gasteiger partial charge in [-0.2, -0.15) is 0 Å². The van der Waals surface area contributed by atoms with Crippen LogP contribution in [0.2, 0.25) is 0 Å². The first-order valence-electron chi connectivity index (χ1n) is 3.36. The lowest BCUT2D eigenvalue weighted by molar-refractivity contribution is 0.308. The molecule has 0 radical (unpaired) electrons. The van der Waals surface area contributed by atoms with Crippen molar-refractivity contribution in [3.05, 3.63) is 16.1 Å². The lowest BCUT2D eigenvalue weighted by atomic mass is 10.3. The number of nitrogens with zero attached hydrogens (tertiary/aromatic N) is 1. The molecule has 0 atom stereocenters. The maximum absolute atomic E-state index is 10.0. The van der Waals surface area contributed by atoms with Gasteiger partial charge < -0.3 is 0 Å². The molecule has 0 aliphatic heterocycles. The third-order valence-corrected chi connectivity index (χ3v) is 2.76. The van der Waals surface area contributed by atoms with E-state index >= 15 is 0 Å². The summed E-state index contributed by atoms with van der Waals surface area (Å²) < 4.78 is 24.4. The Bertz CT molecular complexity index is 312. The lowest BCUT2D eigenvalue weighted by Crippen LogP contribution is -1.91. The fourth-order valence-electron chi connectivity index (χ4n) is 0.779. The largest absolute Gasteiger partial charge is 0.468 e. The average molecular weight is 205 g/mol. The van der Waals surface area contributed by atoms with Gasteiger partial charge in [0.25, 0.3) is 0 Å². The second-order valence-electron chi connectivity index (χ2n) is 2.17. The van der Waals surface area contributed by atoms with Crippen LogP contribution in [-0.2, 0) is 20.1 Å². The standard InChI is InChI=1S/C6H8NO3PS/c1-5-6(12-4-7-5)2-3-10-11(8)9/h4H,2-3H2,1H3. The van der Waals surface area contributed by atoms with Gasteiger partial charge in [0.1, 0.15) is 0 Å². The molecule has 0 unspecified atom stereocenters. The van der Waals surface area contributed by atoms with E-state index < -0.39 is 7.91 Å². The Balaban J connectivity index is 2.38. The van der Waals surface area contributed by atoms with E-state index in [9.17, 15) is 9.13 Å². The summed E-state index contributed by atoms with van der Waals surface area (Å²) in [4.78, 5) is 5.10. The normalized spacial score (nSPS) is 10.1. The molecule has 0 aliphatic carbocycles. The predicted octanol–water partition coefficient (Wildman–Crippen LogP) is 2.10. The maximum atomic E-state index is 10.0. The van der Waals surface area contributed by atoms with Crippen LogP contribution >= 0.6 is 19.2 Å². The van der Waals surface area contributed by atoms with Crippen molar-refractivity contribution < 1.29 is 13.7 Å². The molecule has 0 saturated carbocycles. The van der Waals surface area contributed by atoms with Crippen molar-refractivity contribution >= 4 is 19.2 Å². The minimum absolute atomic E-state index is 0.210. The van der Waals surface area contributed by atoms with E-state index in [0.717, 1.165) is 10.6 Å². The zero-order chi connectivity index (χ0) is 8.97. The highest BCUT2D eigenvalue weighted by atomic mass is 32.1. The van der Waals surface area contributed by atoms with Crippen molar-refractivity contribution in [2.45, 2.75) is 13.3 Å². The first-order valence-corrected chi connectivity index (χ1v) is 5.34. The Kier molecular flexibility index (Phi) is 3.59. The number of hydrogen-bond donors (Lipinski definition) is 0. The van der Waals surface area contributed by atoms with Crippen LogP contribution in [0.3, 0.4) is 0 Å². The Hall–Kier alpha value is -0.510. The van der Waals surface area contributed by atoms with E-state index in [2.05, 4.69) is 9.51 Å². The van der Waals surface area contributed by atoms with E-state index in [4.69, 9.17) is 0 Å². The maximum Gasteiger partial charge on any atom is 0.468 e. The molecule has 0 N–H and O–H groups in total. The Labute approximate surface area is 74.5 Å². The van der Waals surface area contributed by atoms with Gasteiger partial charge in [-0.25, -0.2) is 14.1 Å². The molecule has 4 nitrogen and oxygen atoms in total. The minimum Gasteiger partial charge on any atom is -0.271 e. The van der Waals surface area contributed by atoms with E-state index in [1.165, 1.54) is 11.3 Å². The van der Waals surface area contributed by atoms with Crippen molar-refractivity contribution in [1.82, 2.24) is 4.98 Å². The molecular formula is C6H8NO3PS. The lowest BCUT2D eigenvalue weighted by Gasteiger charge is -1.93. The summed E-state index contributed by atoms with van der Waals surface area (Å²) in [5.74, 6) is 0. The van der Waals surface area contributed by atoms with Crippen LogP contribution in [0.4, 0.5) is 0 Å². The predicted molar refractivity (Wildman–Crippen MR) is 44.8 cm³/mol. The van der Waals surface area contributed by atoms with E-state index in [1.54, 1.807) is 5.51 Å². The smallest absolute Gasteiger partial charge is 0.271 e. The van der Waals surface area contributed by atoms with Gasteiger partial charge in [-0.05, 0) is 6.92 Å². The van der Waals surface area contributed by atoms with Crippen LogP contribution in [0.15, 0.2) is 5.51 Å². The van der Waals surface area contributed by atoms with Gasteiger partial charge in [-0.1, -0.05) is 0 Å². The second kappa shape index (κ2) is 4.50. The first-order chi connectivity index (χ1) is 5.70. The molecule has 0 aromatic carbocycles. The van der Waals surface area contributed by atoms with Crippen molar-refractivity contribution in [2.24, 2.45) is 0 Å². The Morgan fingerprint density at radius 3 is 2.92 bits per heavy atom. The van der Waals surface area contributed by atoms with Crippen LogP contribution < -0.4 is 0 Å². The molecule has 0 aliphatic rings. The first kappa shape index (κ1) is 9.58. The molecule has 1 aromatic heterocycles.